The van der Waals surface area contributed by atoms with E-state index in [1.165, 1.54) is 24.4 Å². The van der Waals surface area contributed by atoms with Crippen LogP contribution in [0.1, 0.15) is 45.2 Å². The fourth-order valence-electron chi connectivity index (χ4n) is 4.44. The Labute approximate surface area is 229 Å². The second-order valence-electron chi connectivity index (χ2n) is 10.2. The van der Waals surface area contributed by atoms with Crippen molar-refractivity contribution < 1.29 is 32.0 Å². The number of hydrogen-bond donors (Lipinski definition) is 1. The molecule has 0 atom stereocenters. The maximum atomic E-state index is 12.6. The molecule has 15 heteroatoms. The van der Waals surface area contributed by atoms with Gasteiger partial charge in [0, 0.05) is 30.6 Å². The van der Waals surface area contributed by atoms with Crippen molar-refractivity contribution in [3.05, 3.63) is 51.5 Å². The third-order valence-electron chi connectivity index (χ3n) is 6.17. The Morgan fingerprint density at radius 2 is 1.90 bits per heavy atom. The van der Waals surface area contributed by atoms with Crippen LogP contribution in [0.25, 0.3) is 28.5 Å². The second-order valence-corrected chi connectivity index (χ2v) is 10.6. The summed E-state index contributed by atoms with van der Waals surface area (Å²) in [6.45, 7) is 6.36. The fourth-order valence-corrected chi connectivity index (χ4v) is 4.66. The SMILES string of the molecule is CC(C)(C)OC(=O)N1CCC(c2cc(=O)[nH]c3c(-c4nc(-c5ccc(OC(F)(F)F)c(Cl)c5)no4)cnn23)CC1. The van der Waals surface area contributed by atoms with Crippen molar-refractivity contribution in [1.82, 2.24) is 29.6 Å². The number of carbonyl (C=O) groups is 1. The number of aromatic nitrogens is 5. The summed E-state index contributed by atoms with van der Waals surface area (Å²) >= 11 is 5.94. The van der Waals surface area contributed by atoms with Gasteiger partial charge in [-0.25, -0.2) is 9.31 Å². The average molecular weight is 581 g/mol. The molecule has 5 rings (SSSR count). The van der Waals surface area contributed by atoms with Gasteiger partial charge in [0.2, 0.25) is 5.82 Å². The molecule has 212 valence electrons. The highest BCUT2D eigenvalue weighted by Crippen LogP contribution is 2.34. The number of alkyl halides is 3. The number of ether oxygens (including phenoxy) is 2. The number of nitrogens with one attached hydrogen (secondary N) is 1. The number of piperidine rings is 1. The molecule has 3 aromatic heterocycles. The quantitative estimate of drug-likeness (QED) is 0.339. The van der Waals surface area contributed by atoms with Crippen LogP contribution in [0.2, 0.25) is 5.02 Å². The van der Waals surface area contributed by atoms with Gasteiger partial charge in [0.05, 0.1) is 16.9 Å². The van der Waals surface area contributed by atoms with Gasteiger partial charge in [0.25, 0.3) is 11.4 Å². The van der Waals surface area contributed by atoms with Gasteiger partial charge in [-0.2, -0.15) is 10.1 Å². The van der Waals surface area contributed by atoms with E-state index in [2.05, 4.69) is 25.0 Å². The number of halogens is 4. The van der Waals surface area contributed by atoms with Crippen LogP contribution < -0.4 is 10.3 Å². The molecular weight excluding hydrogens is 557 g/mol. The summed E-state index contributed by atoms with van der Waals surface area (Å²) in [6.07, 6.45) is -2.59. The molecule has 11 nitrogen and oxygen atoms in total. The van der Waals surface area contributed by atoms with Crippen molar-refractivity contribution in [3.63, 3.8) is 0 Å². The molecule has 0 unspecified atom stereocenters. The van der Waals surface area contributed by atoms with Crippen LogP contribution in [0.3, 0.4) is 0 Å². The third kappa shape index (κ3) is 5.91. The molecule has 0 radical (unpaired) electrons. The summed E-state index contributed by atoms with van der Waals surface area (Å²) in [5, 5.41) is 8.03. The number of carbonyl (C=O) groups excluding carboxylic acids is 1. The van der Waals surface area contributed by atoms with E-state index >= 15 is 0 Å². The van der Waals surface area contributed by atoms with Crippen molar-refractivity contribution >= 4 is 23.3 Å². The van der Waals surface area contributed by atoms with E-state index < -0.39 is 17.7 Å². The molecule has 1 fully saturated rings. The zero-order valence-corrected chi connectivity index (χ0v) is 22.3. The summed E-state index contributed by atoms with van der Waals surface area (Å²) in [6, 6.07) is 5.05. The lowest BCUT2D eigenvalue weighted by molar-refractivity contribution is -0.274. The molecule has 4 aromatic rings. The van der Waals surface area contributed by atoms with Crippen LogP contribution in [0.15, 0.2) is 39.8 Å². The Bertz CT molecular complexity index is 1620. The number of H-pyrrole nitrogens is 1. The van der Waals surface area contributed by atoms with Crippen molar-refractivity contribution in [2.45, 2.75) is 51.5 Å². The molecule has 1 N–H and O–H groups in total. The Morgan fingerprint density at radius 1 is 1.18 bits per heavy atom. The Morgan fingerprint density at radius 3 is 2.55 bits per heavy atom. The lowest BCUT2D eigenvalue weighted by Gasteiger charge is -2.33. The van der Waals surface area contributed by atoms with Gasteiger partial charge < -0.3 is 23.9 Å². The Kier molecular flexibility index (Phi) is 6.98. The number of amides is 1. The van der Waals surface area contributed by atoms with Crippen LogP contribution >= 0.6 is 11.6 Å². The molecule has 1 aliphatic heterocycles. The van der Waals surface area contributed by atoms with E-state index in [0.717, 1.165) is 6.07 Å². The van der Waals surface area contributed by atoms with E-state index in [9.17, 15) is 22.8 Å². The van der Waals surface area contributed by atoms with Gasteiger partial charge >= 0.3 is 12.5 Å². The number of benzene rings is 1. The number of likely N-dealkylation sites (tertiary alicyclic amines) is 1. The maximum absolute atomic E-state index is 12.6. The van der Waals surface area contributed by atoms with Gasteiger partial charge in [-0.15, -0.1) is 13.2 Å². The van der Waals surface area contributed by atoms with Crippen molar-refractivity contribution in [1.29, 1.82) is 0 Å². The standard InChI is InChI=1S/C25H24ClF3N6O5/c1-24(2,3)39-23(37)34-8-6-13(7-9-34)17-11-19(36)31-21-15(12-30-35(17)21)22-32-20(33-40-22)14-4-5-18(16(26)10-14)38-25(27,28)29/h4-5,10-13H,6-9H2,1-3H3,(H,31,36). The molecule has 0 aliphatic carbocycles. The molecular formula is C25H24ClF3N6O5. The van der Waals surface area contributed by atoms with Gasteiger partial charge in [-0.1, -0.05) is 16.8 Å². The first-order valence-electron chi connectivity index (χ1n) is 12.3. The van der Waals surface area contributed by atoms with Crippen LogP contribution in [-0.4, -0.2) is 60.8 Å². The largest absolute Gasteiger partial charge is 0.573 e. The first kappa shape index (κ1) is 27.5. The first-order chi connectivity index (χ1) is 18.8. The minimum atomic E-state index is -4.89. The molecule has 0 saturated carbocycles. The average Bonchev–Trinajstić information content (AvgIpc) is 3.50. The number of aromatic amines is 1. The summed E-state index contributed by atoms with van der Waals surface area (Å²) in [5.74, 6) is -0.521. The summed E-state index contributed by atoms with van der Waals surface area (Å²) in [7, 11) is 0. The van der Waals surface area contributed by atoms with Crippen molar-refractivity contribution in [3.8, 4) is 28.6 Å². The van der Waals surface area contributed by atoms with E-state index in [1.807, 2.05) is 20.8 Å². The van der Waals surface area contributed by atoms with Crippen LogP contribution in [0.4, 0.5) is 18.0 Å². The molecule has 4 heterocycles. The van der Waals surface area contributed by atoms with Gasteiger partial charge in [-0.3, -0.25) is 4.79 Å². The minimum absolute atomic E-state index is 0.0317. The second kappa shape index (κ2) is 10.2. The zero-order chi connectivity index (χ0) is 28.8. The summed E-state index contributed by atoms with van der Waals surface area (Å²) in [4.78, 5) is 33.7. The molecule has 1 aliphatic rings. The molecule has 0 spiro atoms. The molecule has 1 saturated heterocycles. The highest BCUT2D eigenvalue weighted by Gasteiger charge is 2.32. The first-order valence-corrected chi connectivity index (χ1v) is 12.6. The third-order valence-corrected chi connectivity index (χ3v) is 6.47. The Hall–Kier alpha value is -4.07. The molecule has 1 amide bonds. The van der Waals surface area contributed by atoms with E-state index in [-0.39, 0.29) is 39.9 Å². The van der Waals surface area contributed by atoms with E-state index in [4.69, 9.17) is 20.9 Å². The van der Waals surface area contributed by atoms with Crippen LogP contribution in [0.5, 0.6) is 5.75 Å². The lowest BCUT2D eigenvalue weighted by atomic mass is 9.93. The molecule has 40 heavy (non-hydrogen) atoms. The van der Waals surface area contributed by atoms with E-state index in [0.29, 0.717) is 42.8 Å². The minimum Gasteiger partial charge on any atom is -0.444 e. The number of hydrogen-bond acceptors (Lipinski definition) is 8. The molecule has 1 aromatic carbocycles. The predicted molar refractivity (Wildman–Crippen MR) is 136 cm³/mol. The highest BCUT2D eigenvalue weighted by atomic mass is 35.5. The van der Waals surface area contributed by atoms with Gasteiger partial charge in [0.15, 0.2) is 0 Å². The maximum Gasteiger partial charge on any atom is 0.573 e. The molecule has 0 bridgehead atoms. The lowest BCUT2D eigenvalue weighted by Crippen LogP contribution is -2.41. The number of fused-ring (bicyclic) bond motifs is 1. The van der Waals surface area contributed by atoms with Crippen LogP contribution in [-0.2, 0) is 4.74 Å². The van der Waals surface area contributed by atoms with Crippen molar-refractivity contribution in [2.75, 3.05) is 13.1 Å². The fraction of sp³-hybridized carbons (Fsp3) is 0.400. The smallest absolute Gasteiger partial charge is 0.444 e. The predicted octanol–water partition coefficient (Wildman–Crippen LogP) is 5.41. The zero-order valence-electron chi connectivity index (χ0n) is 21.6. The highest BCUT2D eigenvalue weighted by molar-refractivity contribution is 6.32. The van der Waals surface area contributed by atoms with Crippen molar-refractivity contribution in [2.24, 2.45) is 0 Å². The van der Waals surface area contributed by atoms with Crippen LogP contribution in [0, 0.1) is 0 Å². The topological polar surface area (TPSA) is 128 Å². The Balaban J connectivity index is 1.38. The van der Waals surface area contributed by atoms with Gasteiger partial charge in [-0.05, 0) is 51.8 Å². The number of nitrogens with zero attached hydrogens (tertiary/aromatic N) is 5. The number of rotatable bonds is 4. The summed E-state index contributed by atoms with van der Waals surface area (Å²) in [5.41, 5.74) is 0.693. The summed E-state index contributed by atoms with van der Waals surface area (Å²) < 4.78 is 53.9. The normalized spacial score (nSPS) is 15.0. The monoisotopic (exact) mass is 580 g/mol. The van der Waals surface area contributed by atoms with E-state index in [1.54, 1.807) is 9.42 Å². The van der Waals surface area contributed by atoms with Gasteiger partial charge in [0.1, 0.15) is 22.6 Å².